The summed E-state index contributed by atoms with van der Waals surface area (Å²) in [6.45, 7) is 2.61. The molecule has 1 unspecified atom stereocenters. The van der Waals surface area contributed by atoms with Gasteiger partial charge in [-0.25, -0.2) is 4.98 Å². The minimum absolute atomic E-state index is 0.100. The Hall–Kier alpha value is -2.22. The quantitative estimate of drug-likeness (QED) is 0.710. The van der Waals surface area contributed by atoms with Crippen molar-refractivity contribution in [3.05, 3.63) is 58.9 Å². The molecule has 1 aromatic carbocycles. The molecule has 0 aliphatic carbocycles. The number of aliphatic hydroxyl groups is 1. The van der Waals surface area contributed by atoms with Gasteiger partial charge in [0.25, 0.3) is 5.91 Å². The van der Waals surface area contributed by atoms with E-state index in [9.17, 15) is 9.90 Å². The van der Waals surface area contributed by atoms with Crippen molar-refractivity contribution in [3.8, 4) is 0 Å². The van der Waals surface area contributed by atoms with E-state index in [1.54, 1.807) is 35.6 Å². The number of nitrogens with zero attached hydrogens (tertiary/aromatic N) is 3. The molecule has 7 heteroatoms. The number of amides is 1. The molecule has 0 fully saturated rings. The average molecular weight is 344 g/mol. The number of fused-ring (bicyclic) bond motifs is 1. The summed E-state index contributed by atoms with van der Waals surface area (Å²) in [6, 6.07) is 8.80. The van der Waals surface area contributed by atoms with Crippen molar-refractivity contribution < 1.29 is 9.90 Å². The number of carbonyl (C=O) groups excluding carboxylic acids is 1. The van der Waals surface area contributed by atoms with Crippen molar-refractivity contribution in [2.24, 2.45) is 5.73 Å². The summed E-state index contributed by atoms with van der Waals surface area (Å²) >= 11 is 1.57. The van der Waals surface area contributed by atoms with Crippen LogP contribution < -0.4 is 5.73 Å². The molecular formula is C17H20N4O2S. The van der Waals surface area contributed by atoms with Gasteiger partial charge < -0.3 is 10.8 Å². The fraction of sp³-hybridized carbons (Fsp3) is 0.294. The van der Waals surface area contributed by atoms with E-state index >= 15 is 0 Å². The van der Waals surface area contributed by atoms with E-state index in [1.165, 1.54) is 0 Å². The van der Waals surface area contributed by atoms with E-state index in [2.05, 4.69) is 4.98 Å². The van der Waals surface area contributed by atoms with Crippen LogP contribution in [-0.4, -0.2) is 38.9 Å². The molecule has 1 atom stereocenters. The number of carbonyl (C=O) groups is 1. The Labute approximate surface area is 144 Å². The van der Waals surface area contributed by atoms with Gasteiger partial charge in [0, 0.05) is 24.7 Å². The van der Waals surface area contributed by atoms with Crippen LogP contribution in [0, 0.1) is 6.92 Å². The lowest BCUT2D eigenvalue weighted by molar-refractivity contribution is -0.139. The van der Waals surface area contributed by atoms with Crippen LogP contribution in [0.3, 0.4) is 0 Å². The highest BCUT2D eigenvalue weighted by Gasteiger charge is 2.37. The SMILES string of the molecule is Cc1nc2sccn2c1CN(C)CC(O)(C(N)=O)c1ccccc1. The van der Waals surface area contributed by atoms with E-state index in [-0.39, 0.29) is 6.54 Å². The number of primary amides is 1. The Morgan fingerprint density at radius 2 is 2.12 bits per heavy atom. The molecule has 3 aromatic rings. The monoisotopic (exact) mass is 344 g/mol. The number of aromatic nitrogens is 2. The van der Waals surface area contributed by atoms with E-state index in [4.69, 9.17) is 5.73 Å². The number of aryl methyl sites for hydroxylation is 1. The van der Waals surface area contributed by atoms with Crippen molar-refractivity contribution in [3.63, 3.8) is 0 Å². The van der Waals surface area contributed by atoms with Crippen LogP contribution in [-0.2, 0) is 16.9 Å². The Bertz CT molecular complexity index is 858. The number of thiazole rings is 1. The number of hydrogen-bond donors (Lipinski definition) is 2. The number of rotatable bonds is 6. The second-order valence-corrected chi connectivity index (χ2v) is 6.84. The van der Waals surface area contributed by atoms with E-state index in [0.29, 0.717) is 12.1 Å². The summed E-state index contributed by atoms with van der Waals surface area (Å²) < 4.78 is 2.03. The van der Waals surface area contributed by atoms with Crippen LogP contribution in [0.2, 0.25) is 0 Å². The minimum atomic E-state index is -1.73. The van der Waals surface area contributed by atoms with Crippen LogP contribution in [0.5, 0.6) is 0 Å². The second-order valence-electron chi connectivity index (χ2n) is 5.96. The highest BCUT2D eigenvalue weighted by Crippen LogP contribution is 2.24. The lowest BCUT2D eigenvalue weighted by Gasteiger charge is -2.30. The zero-order valence-electron chi connectivity index (χ0n) is 13.6. The van der Waals surface area contributed by atoms with Crippen molar-refractivity contribution in [1.29, 1.82) is 0 Å². The molecule has 0 aliphatic rings. The largest absolute Gasteiger partial charge is 0.374 e. The molecule has 0 spiro atoms. The lowest BCUT2D eigenvalue weighted by Crippen LogP contribution is -2.49. The molecule has 1 amide bonds. The normalized spacial score (nSPS) is 14.2. The molecule has 3 rings (SSSR count). The molecule has 0 saturated carbocycles. The first-order valence-corrected chi connectivity index (χ1v) is 8.47. The van der Waals surface area contributed by atoms with Crippen molar-refractivity contribution in [2.45, 2.75) is 19.1 Å². The summed E-state index contributed by atoms with van der Waals surface area (Å²) in [5, 5.41) is 12.8. The van der Waals surface area contributed by atoms with Gasteiger partial charge in [-0.05, 0) is 19.5 Å². The molecule has 3 N–H and O–H groups in total. The van der Waals surface area contributed by atoms with Crippen LogP contribution in [0.4, 0.5) is 0 Å². The molecular weight excluding hydrogens is 324 g/mol. The van der Waals surface area contributed by atoms with Crippen molar-refractivity contribution in [1.82, 2.24) is 14.3 Å². The molecule has 0 bridgehead atoms. The fourth-order valence-corrected chi connectivity index (χ4v) is 3.64. The average Bonchev–Trinajstić information content (AvgIpc) is 3.11. The molecule has 2 heterocycles. The summed E-state index contributed by atoms with van der Waals surface area (Å²) in [6.07, 6.45) is 1.97. The highest BCUT2D eigenvalue weighted by atomic mass is 32.1. The fourth-order valence-electron chi connectivity index (χ4n) is 2.86. The van der Waals surface area contributed by atoms with Gasteiger partial charge in [0.15, 0.2) is 10.6 Å². The van der Waals surface area contributed by atoms with Crippen LogP contribution in [0.1, 0.15) is 17.0 Å². The molecule has 0 saturated heterocycles. The topological polar surface area (TPSA) is 83.9 Å². The third-order valence-corrected chi connectivity index (χ3v) is 4.90. The summed E-state index contributed by atoms with van der Waals surface area (Å²) in [5.41, 5.74) is 6.24. The minimum Gasteiger partial charge on any atom is -0.374 e. The molecule has 2 aromatic heterocycles. The number of benzene rings is 1. The highest BCUT2D eigenvalue weighted by molar-refractivity contribution is 7.15. The maximum atomic E-state index is 11.9. The first kappa shape index (κ1) is 16.6. The maximum Gasteiger partial charge on any atom is 0.255 e. The first-order chi connectivity index (χ1) is 11.4. The second kappa shape index (κ2) is 6.35. The van der Waals surface area contributed by atoms with Gasteiger partial charge in [-0.2, -0.15) is 0 Å². The number of imidazole rings is 1. The zero-order chi connectivity index (χ0) is 17.3. The van der Waals surface area contributed by atoms with Gasteiger partial charge >= 0.3 is 0 Å². The number of hydrogen-bond acceptors (Lipinski definition) is 5. The van der Waals surface area contributed by atoms with Crippen molar-refractivity contribution in [2.75, 3.05) is 13.6 Å². The number of likely N-dealkylation sites (N-methyl/N-ethyl adjacent to an activating group) is 1. The summed E-state index contributed by atoms with van der Waals surface area (Å²) in [7, 11) is 1.85. The van der Waals surface area contributed by atoms with Gasteiger partial charge in [0.05, 0.1) is 11.4 Å². The van der Waals surface area contributed by atoms with Gasteiger partial charge in [0.1, 0.15) is 0 Å². The Morgan fingerprint density at radius 1 is 1.42 bits per heavy atom. The zero-order valence-corrected chi connectivity index (χ0v) is 14.5. The van der Waals surface area contributed by atoms with Gasteiger partial charge in [0.2, 0.25) is 0 Å². The first-order valence-electron chi connectivity index (χ1n) is 7.59. The number of nitrogens with two attached hydrogens (primary N) is 1. The summed E-state index contributed by atoms with van der Waals surface area (Å²) in [4.78, 5) is 19.3. The van der Waals surface area contributed by atoms with Crippen LogP contribution in [0.25, 0.3) is 4.96 Å². The van der Waals surface area contributed by atoms with Crippen molar-refractivity contribution >= 4 is 22.2 Å². The smallest absolute Gasteiger partial charge is 0.255 e. The van der Waals surface area contributed by atoms with Crippen LogP contribution >= 0.6 is 11.3 Å². The van der Waals surface area contributed by atoms with Gasteiger partial charge in [-0.3, -0.25) is 14.1 Å². The molecule has 126 valence electrons. The van der Waals surface area contributed by atoms with Crippen LogP contribution in [0.15, 0.2) is 41.9 Å². The molecule has 24 heavy (non-hydrogen) atoms. The van der Waals surface area contributed by atoms with Gasteiger partial charge in [-0.1, -0.05) is 30.3 Å². The predicted octanol–water partition coefficient (Wildman–Crippen LogP) is 1.51. The predicted molar refractivity (Wildman–Crippen MR) is 93.7 cm³/mol. The molecule has 0 radical (unpaired) electrons. The molecule has 0 aliphatic heterocycles. The van der Waals surface area contributed by atoms with E-state index in [1.807, 2.05) is 40.9 Å². The Kier molecular flexibility index (Phi) is 4.40. The summed E-state index contributed by atoms with van der Waals surface area (Å²) in [5.74, 6) is -0.758. The van der Waals surface area contributed by atoms with E-state index < -0.39 is 11.5 Å². The van der Waals surface area contributed by atoms with Gasteiger partial charge in [-0.15, -0.1) is 11.3 Å². The molecule has 6 nitrogen and oxygen atoms in total. The maximum absolute atomic E-state index is 11.9. The lowest BCUT2D eigenvalue weighted by atomic mass is 9.92. The Morgan fingerprint density at radius 3 is 2.79 bits per heavy atom. The third-order valence-electron chi connectivity index (χ3n) is 4.14. The Balaban J connectivity index is 1.84. The van der Waals surface area contributed by atoms with E-state index in [0.717, 1.165) is 16.3 Å². The standard InChI is InChI=1S/C17H20N4O2S/c1-12-14(21-8-9-24-16(21)19-12)10-20(2)11-17(23,15(18)22)13-6-4-3-5-7-13/h3-9,23H,10-11H2,1-2H3,(H2,18,22). The third kappa shape index (κ3) is 2.93.